The van der Waals surface area contributed by atoms with Gasteiger partial charge in [0.1, 0.15) is 18.5 Å². The second kappa shape index (κ2) is 4.13. The van der Waals surface area contributed by atoms with Crippen LogP contribution < -0.4 is 9.30 Å². The molecule has 1 heterocycles. The molecule has 1 aromatic carbocycles. The van der Waals surface area contributed by atoms with Crippen LogP contribution in [0.25, 0.3) is 0 Å². The molecule has 0 aliphatic rings. The predicted octanol–water partition coefficient (Wildman–Crippen LogP) is 2.61. The number of aromatic nitrogens is 1. The Bertz CT molecular complexity index is 448. The van der Waals surface area contributed by atoms with Crippen LogP contribution in [0.4, 0.5) is 0 Å². The summed E-state index contributed by atoms with van der Waals surface area (Å²) in [6.45, 7) is 2.05. The number of pyridine rings is 1. The summed E-state index contributed by atoms with van der Waals surface area (Å²) >= 11 is 0. The van der Waals surface area contributed by atoms with E-state index < -0.39 is 0 Å². The Hall–Kier alpha value is -1.83. The van der Waals surface area contributed by atoms with E-state index in [4.69, 9.17) is 4.74 Å². The zero-order valence-corrected chi connectivity index (χ0v) is 8.97. The summed E-state index contributed by atoms with van der Waals surface area (Å²) in [7, 11) is 1.98. The van der Waals surface area contributed by atoms with Gasteiger partial charge in [0.05, 0.1) is 0 Å². The van der Waals surface area contributed by atoms with Crippen molar-refractivity contribution in [3.05, 3.63) is 54.4 Å². The molecule has 1 aromatic heterocycles. The molecule has 2 rings (SSSR count). The molecule has 0 unspecified atom stereocenters. The minimum Gasteiger partial charge on any atom is -0.457 e. The molecule has 0 amide bonds. The molecule has 15 heavy (non-hydrogen) atoms. The van der Waals surface area contributed by atoms with Crippen LogP contribution >= 0.6 is 0 Å². The highest BCUT2D eigenvalue weighted by atomic mass is 16.5. The Kier molecular flexibility index (Phi) is 2.68. The van der Waals surface area contributed by atoms with E-state index in [1.807, 2.05) is 54.3 Å². The topological polar surface area (TPSA) is 13.1 Å². The lowest BCUT2D eigenvalue weighted by Gasteiger charge is -2.04. The third-order valence-corrected chi connectivity index (χ3v) is 2.17. The standard InChI is InChI=1S/C13H14NO/c1-11-4-3-5-13(10-11)15-12-6-8-14(2)9-7-12/h3-10H,1-2H3/q+1. The Labute approximate surface area is 89.8 Å². The first kappa shape index (κ1) is 9.71. The summed E-state index contributed by atoms with van der Waals surface area (Å²) in [6.07, 6.45) is 3.93. The van der Waals surface area contributed by atoms with E-state index in [1.165, 1.54) is 5.56 Å². The summed E-state index contributed by atoms with van der Waals surface area (Å²) in [5.41, 5.74) is 1.20. The van der Waals surface area contributed by atoms with Crippen LogP contribution in [-0.2, 0) is 7.05 Å². The van der Waals surface area contributed by atoms with Crippen molar-refractivity contribution in [1.29, 1.82) is 0 Å². The smallest absolute Gasteiger partial charge is 0.172 e. The average Bonchev–Trinajstić information content (AvgIpc) is 2.22. The van der Waals surface area contributed by atoms with Gasteiger partial charge in [0.25, 0.3) is 0 Å². The number of ether oxygens (including phenoxy) is 1. The van der Waals surface area contributed by atoms with Gasteiger partial charge in [-0.05, 0) is 24.6 Å². The largest absolute Gasteiger partial charge is 0.457 e. The molecular weight excluding hydrogens is 186 g/mol. The molecule has 0 atom stereocenters. The van der Waals surface area contributed by atoms with Crippen LogP contribution in [0.3, 0.4) is 0 Å². The van der Waals surface area contributed by atoms with Crippen molar-refractivity contribution in [2.24, 2.45) is 7.05 Å². The van der Waals surface area contributed by atoms with Crippen molar-refractivity contribution in [2.45, 2.75) is 6.92 Å². The minimum absolute atomic E-state index is 0.860. The van der Waals surface area contributed by atoms with Crippen LogP contribution in [0, 0.1) is 6.92 Å². The molecule has 0 bridgehead atoms. The quantitative estimate of drug-likeness (QED) is 0.679. The number of rotatable bonds is 2. The second-order valence-electron chi connectivity index (χ2n) is 3.62. The summed E-state index contributed by atoms with van der Waals surface area (Å²) in [5.74, 6) is 1.74. The Balaban J connectivity index is 2.18. The van der Waals surface area contributed by atoms with Gasteiger partial charge in [0, 0.05) is 12.1 Å². The van der Waals surface area contributed by atoms with Gasteiger partial charge in [-0.1, -0.05) is 12.1 Å². The first-order valence-electron chi connectivity index (χ1n) is 4.94. The van der Waals surface area contributed by atoms with Gasteiger partial charge in [0.15, 0.2) is 12.4 Å². The maximum absolute atomic E-state index is 5.70. The van der Waals surface area contributed by atoms with Crippen LogP contribution in [-0.4, -0.2) is 0 Å². The van der Waals surface area contributed by atoms with Gasteiger partial charge in [-0.15, -0.1) is 0 Å². The average molecular weight is 200 g/mol. The third-order valence-electron chi connectivity index (χ3n) is 2.17. The van der Waals surface area contributed by atoms with E-state index in [1.54, 1.807) is 0 Å². The lowest BCUT2D eigenvalue weighted by atomic mass is 10.2. The summed E-state index contributed by atoms with van der Waals surface area (Å²) in [4.78, 5) is 0. The van der Waals surface area contributed by atoms with Crippen molar-refractivity contribution in [2.75, 3.05) is 0 Å². The first-order valence-corrected chi connectivity index (χ1v) is 4.94. The molecular formula is C13H14NO+. The third kappa shape index (κ3) is 2.56. The fourth-order valence-electron chi connectivity index (χ4n) is 1.37. The number of hydrogen-bond acceptors (Lipinski definition) is 1. The molecule has 2 nitrogen and oxygen atoms in total. The molecule has 0 spiro atoms. The van der Waals surface area contributed by atoms with Crippen LogP contribution in [0.1, 0.15) is 5.56 Å². The van der Waals surface area contributed by atoms with Gasteiger partial charge in [-0.25, -0.2) is 4.57 Å². The predicted molar refractivity (Wildman–Crippen MR) is 58.9 cm³/mol. The molecule has 0 aliphatic carbocycles. The van der Waals surface area contributed by atoms with Gasteiger partial charge < -0.3 is 4.74 Å². The van der Waals surface area contributed by atoms with E-state index >= 15 is 0 Å². The summed E-state index contributed by atoms with van der Waals surface area (Å²) < 4.78 is 7.68. The highest BCUT2D eigenvalue weighted by Gasteiger charge is 1.98. The fourth-order valence-corrected chi connectivity index (χ4v) is 1.37. The fraction of sp³-hybridized carbons (Fsp3) is 0.154. The van der Waals surface area contributed by atoms with Gasteiger partial charge in [-0.3, -0.25) is 0 Å². The lowest BCUT2D eigenvalue weighted by molar-refractivity contribution is -0.671. The number of nitrogens with zero attached hydrogens (tertiary/aromatic N) is 1. The number of hydrogen-bond donors (Lipinski definition) is 0. The molecule has 0 aliphatic heterocycles. The SMILES string of the molecule is Cc1cccc(Oc2cc[n+](C)cc2)c1. The van der Waals surface area contributed by atoms with E-state index in [2.05, 4.69) is 13.0 Å². The molecule has 2 heteroatoms. The number of aryl methyl sites for hydroxylation is 2. The lowest BCUT2D eigenvalue weighted by Crippen LogP contribution is -2.25. The molecule has 0 saturated heterocycles. The first-order chi connectivity index (χ1) is 7.24. The minimum atomic E-state index is 0.860. The maximum Gasteiger partial charge on any atom is 0.172 e. The Morgan fingerprint density at radius 2 is 1.73 bits per heavy atom. The normalized spacial score (nSPS) is 10.0. The summed E-state index contributed by atoms with van der Waals surface area (Å²) in [5, 5.41) is 0. The number of benzene rings is 1. The molecule has 2 aromatic rings. The highest BCUT2D eigenvalue weighted by Crippen LogP contribution is 2.20. The van der Waals surface area contributed by atoms with Crippen molar-refractivity contribution in [3.63, 3.8) is 0 Å². The Morgan fingerprint density at radius 1 is 1.00 bits per heavy atom. The van der Waals surface area contributed by atoms with Crippen molar-refractivity contribution < 1.29 is 9.30 Å². The maximum atomic E-state index is 5.70. The zero-order valence-electron chi connectivity index (χ0n) is 8.97. The monoisotopic (exact) mass is 200 g/mol. The van der Waals surface area contributed by atoms with E-state index in [0.29, 0.717) is 0 Å². The van der Waals surface area contributed by atoms with Gasteiger partial charge in [-0.2, -0.15) is 0 Å². The van der Waals surface area contributed by atoms with Gasteiger partial charge in [0.2, 0.25) is 0 Å². The summed E-state index contributed by atoms with van der Waals surface area (Å²) in [6, 6.07) is 11.9. The zero-order chi connectivity index (χ0) is 10.7. The molecule has 0 saturated carbocycles. The van der Waals surface area contributed by atoms with Gasteiger partial charge >= 0.3 is 0 Å². The molecule has 0 radical (unpaired) electrons. The van der Waals surface area contributed by atoms with E-state index in [9.17, 15) is 0 Å². The van der Waals surface area contributed by atoms with E-state index in [-0.39, 0.29) is 0 Å². The highest BCUT2D eigenvalue weighted by molar-refractivity contribution is 5.32. The van der Waals surface area contributed by atoms with Crippen molar-refractivity contribution >= 4 is 0 Å². The van der Waals surface area contributed by atoms with Crippen molar-refractivity contribution in [3.8, 4) is 11.5 Å². The molecule has 0 N–H and O–H groups in total. The van der Waals surface area contributed by atoms with E-state index in [0.717, 1.165) is 11.5 Å². The molecule has 76 valence electrons. The van der Waals surface area contributed by atoms with Crippen LogP contribution in [0.5, 0.6) is 11.5 Å². The van der Waals surface area contributed by atoms with Crippen molar-refractivity contribution in [1.82, 2.24) is 0 Å². The second-order valence-corrected chi connectivity index (χ2v) is 3.62. The van der Waals surface area contributed by atoms with Crippen LogP contribution in [0.2, 0.25) is 0 Å². The molecule has 0 fully saturated rings. The Morgan fingerprint density at radius 3 is 2.40 bits per heavy atom. The van der Waals surface area contributed by atoms with Crippen LogP contribution in [0.15, 0.2) is 48.8 Å².